The maximum absolute atomic E-state index is 6.08. The van der Waals surface area contributed by atoms with Gasteiger partial charge in [0.25, 0.3) is 0 Å². The lowest BCUT2D eigenvalue weighted by atomic mass is 9.90. The smallest absolute Gasteiger partial charge is 0.0345 e. The predicted octanol–water partition coefficient (Wildman–Crippen LogP) is 3.62. The van der Waals surface area contributed by atoms with Crippen LogP contribution >= 0.6 is 12.4 Å². The van der Waals surface area contributed by atoms with Gasteiger partial charge in [0.2, 0.25) is 0 Å². The molecule has 1 heterocycles. The predicted molar refractivity (Wildman–Crippen MR) is 84.7 cm³/mol. The molecule has 0 aliphatic carbocycles. The molecule has 0 bridgehead atoms. The lowest BCUT2D eigenvalue weighted by Gasteiger charge is -2.39. The van der Waals surface area contributed by atoms with Gasteiger partial charge >= 0.3 is 0 Å². The maximum atomic E-state index is 6.08. The van der Waals surface area contributed by atoms with E-state index >= 15 is 0 Å². The van der Waals surface area contributed by atoms with Crippen molar-refractivity contribution in [3.63, 3.8) is 0 Å². The molecule has 1 aromatic carbocycles. The molecule has 1 aromatic rings. The highest BCUT2D eigenvalue weighted by molar-refractivity contribution is 5.85. The van der Waals surface area contributed by atoms with E-state index < -0.39 is 0 Å². The lowest BCUT2D eigenvalue weighted by Crippen LogP contribution is -2.43. The van der Waals surface area contributed by atoms with Crippen LogP contribution in [0, 0.1) is 5.92 Å². The first-order valence-corrected chi connectivity index (χ1v) is 7.27. The standard InChI is InChI=1S/C16H26N2.ClH/c1-3-16(14-8-5-4-6-9-14)18-11-7-10-15(12-18)13(2)17;/h4-6,8-9,13,15-16H,3,7,10-12,17H2,1-2H3;1H. The summed E-state index contributed by atoms with van der Waals surface area (Å²) in [5.74, 6) is 0.663. The summed E-state index contributed by atoms with van der Waals surface area (Å²) in [6, 6.07) is 11.8. The van der Waals surface area contributed by atoms with Gasteiger partial charge in [0.15, 0.2) is 0 Å². The Morgan fingerprint density at radius 3 is 2.58 bits per heavy atom. The minimum absolute atomic E-state index is 0. The molecule has 0 spiro atoms. The zero-order valence-electron chi connectivity index (χ0n) is 12.1. The van der Waals surface area contributed by atoms with Crippen LogP contribution in [0.15, 0.2) is 30.3 Å². The molecule has 3 atom stereocenters. The monoisotopic (exact) mass is 282 g/mol. The maximum Gasteiger partial charge on any atom is 0.0345 e. The van der Waals surface area contributed by atoms with E-state index in [0.29, 0.717) is 18.0 Å². The third-order valence-electron chi connectivity index (χ3n) is 4.24. The van der Waals surface area contributed by atoms with Gasteiger partial charge in [-0.25, -0.2) is 0 Å². The van der Waals surface area contributed by atoms with Crippen LogP contribution in [0.25, 0.3) is 0 Å². The average molecular weight is 283 g/mol. The average Bonchev–Trinajstić information content (AvgIpc) is 2.41. The number of rotatable bonds is 4. The highest BCUT2D eigenvalue weighted by Gasteiger charge is 2.27. The van der Waals surface area contributed by atoms with Crippen LogP contribution in [-0.2, 0) is 0 Å². The van der Waals surface area contributed by atoms with Gasteiger partial charge in [-0.05, 0) is 44.2 Å². The molecular weight excluding hydrogens is 256 g/mol. The Bertz CT molecular complexity index is 353. The number of hydrogen-bond acceptors (Lipinski definition) is 2. The van der Waals surface area contributed by atoms with Crippen LogP contribution in [0.1, 0.15) is 44.7 Å². The van der Waals surface area contributed by atoms with Crippen LogP contribution in [0.5, 0.6) is 0 Å². The molecule has 1 aliphatic rings. The minimum Gasteiger partial charge on any atom is -0.328 e. The Hall–Kier alpha value is -0.570. The second kappa shape index (κ2) is 7.88. The summed E-state index contributed by atoms with van der Waals surface area (Å²) >= 11 is 0. The fourth-order valence-electron chi connectivity index (χ4n) is 3.13. The number of hydrogen-bond donors (Lipinski definition) is 1. The SMILES string of the molecule is CCC(c1ccccc1)N1CCCC(C(C)N)C1.Cl. The zero-order valence-corrected chi connectivity index (χ0v) is 12.9. The molecule has 1 aliphatic heterocycles. The molecule has 2 rings (SSSR count). The molecule has 0 aromatic heterocycles. The molecule has 2 N–H and O–H groups in total. The van der Waals surface area contributed by atoms with Crippen molar-refractivity contribution in [2.24, 2.45) is 11.7 Å². The van der Waals surface area contributed by atoms with E-state index in [4.69, 9.17) is 5.73 Å². The van der Waals surface area contributed by atoms with Crippen LogP contribution in [0.4, 0.5) is 0 Å². The second-order valence-corrected chi connectivity index (χ2v) is 5.59. The van der Waals surface area contributed by atoms with Gasteiger partial charge in [0, 0.05) is 18.6 Å². The Kier molecular flexibility index (Phi) is 6.84. The number of nitrogens with two attached hydrogens (primary N) is 1. The minimum atomic E-state index is 0. The molecule has 0 saturated carbocycles. The molecule has 3 heteroatoms. The van der Waals surface area contributed by atoms with Crippen molar-refractivity contribution in [2.45, 2.75) is 45.2 Å². The van der Waals surface area contributed by atoms with Crippen molar-refractivity contribution in [3.05, 3.63) is 35.9 Å². The van der Waals surface area contributed by atoms with Crippen molar-refractivity contribution >= 4 is 12.4 Å². The summed E-state index contributed by atoms with van der Waals surface area (Å²) in [5, 5.41) is 0. The van der Waals surface area contributed by atoms with Crippen LogP contribution in [-0.4, -0.2) is 24.0 Å². The third kappa shape index (κ3) is 4.20. The molecule has 3 unspecified atom stereocenters. The number of piperidine rings is 1. The fourth-order valence-corrected chi connectivity index (χ4v) is 3.13. The topological polar surface area (TPSA) is 29.3 Å². The normalized spacial score (nSPS) is 23.4. The Morgan fingerprint density at radius 1 is 1.32 bits per heavy atom. The first kappa shape index (κ1) is 16.5. The quantitative estimate of drug-likeness (QED) is 0.914. The summed E-state index contributed by atoms with van der Waals surface area (Å²) in [7, 11) is 0. The molecule has 0 radical (unpaired) electrons. The van der Waals surface area contributed by atoms with E-state index in [-0.39, 0.29) is 12.4 Å². The second-order valence-electron chi connectivity index (χ2n) is 5.59. The van der Waals surface area contributed by atoms with Gasteiger partial charge in [-0.15, -0.1) is 12.4 Å². The molecule has 19 heavy (non-hydrogen) atoms. The number of likely N-dealkylation sites (tertiary alicyclic amines) is 1. The first-order valence-electron chi connectivity index (χ1n) is 7.27. The summed E-state index contributed by atoms with van der Waals surface area (Å²) < 4.78 is 0. The lowest BCUT2D eigenvalue weighted by molar-refractivity contribution is 0.110. The molecule has 0 amide bonds. The molecule has 108 valence electrons. The van der Waals surface area contributed by atoms with Gasteiger partial charge in [0.1, 0.15) is 0 Å². The van der Waals surface area contributed by atoms with Gasteiger partial charge in [-0.2, -0.15) is 0 Å². The molecule has 2 nitrogen and oxygen atoms in total. The molecular formula is C16H27ClN2. The van der Waals surface area contributed by atoms with Crippen molar-refractivity contribution in [2.75, 3.05) is 13.1 Å². The Morgan fingerprint density at radius 2 is 2.00 bits per heavy atom. The molecule has 1 saturated heterocycles. The summed E-state index contributed by atoms with van der Waals surface area (Å²) in [6.07, 6.45) is 3.75. The number of nitrogens with zero attached hydrogens (tertiary/aromatic N) is 1. The van der Waals surface area contributed by atoms with Crippen LogP contribution in [0.3, 0.4) is 0 Å². The van der Waals surface area contributed by atoms with Crippen LogP contribution in [0.2, 0.25) is 0 Å². The highest BCUT2D eigenvalue weighted by Crippen LogP contribution is 2.29. The summed E-state index contributed by atoms with van der Waals surface area (Å²) in [6.45, 7) is 6.81. The number of halogens is 1. The fraction of sp³-hybridized carbons (Fsp3) is 0.625. The zero-order chi connectivity index (χ0) is 13.0. The third-order valence-corrected chi connectivity index (χ3v) is 4.24. The van der Waals surface area contributed by atoms with Gasteiger partial charge < -0.3 is 5.73 Å². The van der Waals surface area contributed by atoms with Gasteiger partial charge in [-0.3, -0.25) is 4.90 Å². The van der Waals surface area contributed by atoms with Crippen LogP contribution < -0.4 is 5.73 Å². The Labute approximate surface area is 123 Å². The van der Waals surface area contributed by atoms with E-state index in [2.05, 4.69) is 49.1 Å². The van der Waals surface area contributed by atoms with Crippen molar-refractivity contribution in [3.8, 4) is 0 Å². The largest absolute Gasteiger partial charge is 0.328 e. The van der Waals surface area contributed by atoms with E-state index in [0.717, 1.165) is 6.54 Å². The van der Waals surface area contributed by atoms with Crippen molar-refractivity contribution < 1.29 is 0 Å². The van der Waals surface area contributed by atoms with Crippen molar-refractivity contribution in [1.29, 1.82) is 0 Å². The first-order chi connectivity index (χ1) is 8.72. The Balaban J connectivity index is 0.00000180. The van der Waals surface area contributed by atoms with Gasteiger partial charge in [0.05, 0.1) is 0 Å². The van der Waals surface area contributed by atoms with E-state index in [9.17, 15) is 0 Å². The number of benzene rings is 1. The van der Waals surface area contributed by atoms with Crippen molar-refractivity contribution in [1.82, 2.24) is 4.90 Å². The summed E-state index contributed by atoms with van der Waals surface area (Å²) in [5.41, 5.74) is 7.53. The summed E-state index contributed by atoms with van der Waals surface area (Å²) in [4.78, 5) is 2.63. The van der Waals surface area contributed by atoms with E-state index in [1.807, 2.05) is 0 Å². The van der Waals surface area contributed by atoms with E-state index in [1.165, 1.54) is 31.4 Å². The highest BCUT2D eigenvalue weighted by atomic mass is 35.5. The van der Waals surface area contributed by atoms with Gasteiger partial charge in [-0.1, -0.05) is 37.3 Å². The molecule has 1 fully saturated rings. The van der Waals surface area contributed by atoms with E-state index in [1.54, 1.807) is 0 Å².